The van der Waals surface area contributed by atoms with Gasteiger partial charge in [0.2, 0.25) is 16.6 Å². The minimum atomic E-state index is -3.19. The molecule has 0 amide bonds. The zero-order chi connectivity index (χ0) is 31.4. The smallest absolute Gasteiger partial charge is 0.330 e. The fourth-order valence-electron chi connectivity index (χ4n) is 4.43. The standard InChI is InChI=1S/C20H42O13Si6/c1-34(2,15(19(25)26)13-17(21)22)29-36(5,6)31-38(9,10)33-39(11,12)32-37(7,8)30-35(3,4)16(20(27)28)14-18(23)24/h13-14H,1-12H3,(H,21,22)(H,23,24)(H,25,26)(H,27,28)/b15-13+,16-14+. The summed E-state index contributed by atoms with van der Waals surface area (Å²) >= 11 is 0. The number of hydrogen-bond donors (Lipinski definition) is 4. The van der Waals surface area contributed by atoms with Crippen molar-refractivity contribution < 1.29 is 60.2 Å². The molecule has 0 aromatic heterocycles. The van der Waals surface area contributed by atoms with E-state index in [1.807, 2.05) is 0 Å². The summed E-state index contributed by atoms with van der Waals surface area (Å²) in [4.78, 5) is 45.7. The zero-order valence-corrected chi connectivity index (χ0v) is 30.6. The van der Waals surface area contributed by atoms with E-state index >= 15 is 0 Å². The summed E-state index contributed by atoms with van der Waals surface area (Å²) in [5.41, 5.74) is 0. The van der Waals surface area contributed by atoms with Crippen molar-refractivity contribution in [2.75, 3.05) is 0 Å². The van der Waals surface area contributed by atoms with Crippen LogP contribution in [0.4, 0.5) is 0 Å². The largest absolute Gasteiger partial charge is 0.478 e. The second-order valence-electron chi connectivity index (χ2n) is 11.5. The van der Waals surface area contributed by atoms with Gasteiger partial charge in [-0.3, -0.25) is 0 Å². The zero-order valence-electron chi connectivity index (χ0n) is 24.6. The highest BCUT2D eigenvalue weighted by Crippen LogP contribution is 2.30. The molecule has 0 aliphatic rings. The number of aliphatic carboxylic acids is 4. The van der Waals surface area contributed by atoms with E-state index in [0.29, 0.717) is 12.2 Å². The molecule has 0 rings (SSSR count). The van der Waals surface area contributed by atoms with Crippen molar-refractivity contribution in [1.29, 1.82) is 0 Å². The quantitative estimate of drug-likeness (QED) is 0.139. The van der Waals surface area contributed by atoms with E-state index in [0.717, 1.165) is 0 Å². The van der Waals surface area contributed by atoms with Crippen LogP contribution in [0.5, 0.6) is 0 Å². The van der Waals surface area contributed by atoms with Gasteiger partial charge in [-0.2, -0.15) is 0 Å². The Morgan fingerprint density at radius 1 is 0.436 bits per heavy atom. The van der Waals surface area contributed by atoms with E-state index in [2.05, 4.69) is 0 Å². The van der Waals surface area contributed by atoms with Gasteiger partial charge in [-0.1, -0.05) is 0 Å². The third-order valence-corrected chi connectivity index (χ3v) is 27.9. The molecule has 0 saturated heterocycles. The van der Waals surface area contributed by atoms with E-state index in [9.17, 15) is 29.4 Å². The topological polar surface area (TPSA) is 195 Å². The minimum absolute atomic E-state index is 0.299. The van der Waals surface area contributed by atoms with E-state index in [1.165, 1.54) is 0 Å². The molecule has 0 aliphatic carbocycles. The first-order valence-electron chi connectivity index (χ1n) is 11.9. The Labute approximate surface area is 235 Å². The fraction of sp³-hybridized carbons (Fsp3) is 0.600. The van der Waals surface area contributed by atoms with Crippen molar-refractivity contribution in [3.63, 3.8) is 0 Å². The molecule has 0 saturated carbocycles. The van der Waals surface area contributed by atoms with Gasteiger partial charge in [0.1, 0.15) is 0 Å². The van der Waals surface area contributed by atoms with Gasteiger partial charge in [0.05, 0.1) is 10.4 Å². The molecular formula is C20H42O13Si6. The molecule has 0 atom stereocenters. The normalized spacial score (nSPS) is 14.8. The number of hydrogen-bond acceptors (Lipinski definition) is 9. The number of carboxylic acids is 4. The first kappa shape index (κ1) is 37.5. The molecule has 0 unspecified atom stereocenters. The molecule has 4 N–H and O–H groups in total. The van der Waals surface area contributed by atoms with Gasteiger partial charge in [-0.05, 0) is 78.6 Å². The summed E-state index contributed by atoms with van der Waals surface area (Å²) in [6.07, 6.45) is 1.31. The monoisotopic (exact) mass is 658 g/mol. The third kappa shape index (κ3) is 13.6. The molecule has 0 spiro atoms. The van der Waals surface area contributed by atoms with Crippen LogP contribution in [-0.2, 0) is 39.8 Å². The van der Waals surface area contributed by atoms with Gasteiger partial charge in [0.15, 0.2) is 0 Å². The average molecular weight is 659 g/mol. The van der Waals surface area contributed by atoms with Gasteiger partial charge in [0.25, 0.3) is 0 Å². The van der Waals surface area contributed by atoms with Crippen molar-refractivity contribution in [2.45, 2.75) is 78.6 Å². The van der Waals surface area contributed by atoms with Crippen LogP contribution in [0.3, 0.4) is 0 Å². The molecular weight excluding hydrogens is 617 g/mol. The van der Waals surface area contributed by atoms with Crippen LogP contribution >= 0.6 is 0 Å². The summed E-state index contributed by atoms with van der Waals surface area (Å²) < 4.78 is 31.5. The maximum Gasteiger partial charge on any atom is 0.330 e. The second kappa shape index (κ2) is 13.0. The maximum atomic E-state index is 11.7. The minimum Gasteiger partial charge on any atom is -0.478 e. The van der Waals surface area contributed by atoms with Crippen LogP contribution in [0.15, 0.2) is 22.5 Å². The van der Waals surface area contributed by atoms with Crippen LogP contribution < -0.4 is 0 Å². The number of carbonyl (C=O) groups is 4. The lowest BCUT2D eigenvalue weighted by Gasteiger charge is -2.43. The lowest BCUT2D eigenvalue weighted by molar-refractivity contribution is -0.134. The molecule has 0 aliphatic heterocycles. The molecule has 0 heterocycles. The van der Waals surface area contributed by atoms with Crippen LogP contribution in [0, 0.1) is 0 Å². The predicted molar refractivity (Wildman–Crippen MR) is 157 cm³/mol. The van der Waals surface area contributed by atoms with Gasteiger partial charge < -0.3 is 41.0 Å². The molecule has 13 nitrogen and oxygen atoms in total. The number of carboxylic acid groups (broad SMARTS) is 4. The number of rotatable bonds is 16. The van der Waals surface area contributed by atoms with Gasteiger partial charge in [-0.25, -0.2) is 19.2 Å². The van der Waals surface area contributed by atoms with Crippen LogP contribution in [0.2, 0.25) is 78.6 Å². The van der Waals surface area contributed by atoms with Gasteiger partial charge >= 0.3 is 58.1 Å². The highest BCUT2D eigenvalue weighted by atomic mass is 28.5. The Balaban J connectivity index is 5.78. The molecule has 0 fully saturated rings. The van der Waals surface area contributed by atoms with E-state index in [-0.39, 0.29) is 10.4 Å². The van der Waals surface area contributed by atoms with E-state index in [1.54, 1.807) is 78.6 Å². The highest BCUT2D eigenvalue weighted by Gasteiger charge is 2.49. The summed E-state index contributed by atoms with van der Waals surface area (Å²) in [6, 6.07) is 0. The molecule has 0 bridgehead atoms. The Morgan fingerprint density at radius 3 is 0.821 bits per heavy atom. The summed E-state index contributed by atoms with van der Waals surface area (Å²) in [7, 11) is -18.4. The predicted octanol–water partition coefficient (Wildman–Crippen LogP) is 3.56. The van der Waals surface area contributed by atoms with Gasteiger partial charge in [-0.15, -0.1) is 0 Å². The Hall–Kier alpha value is -1.54. The lowest BCUT2D eigenvalue weighted by Crippen LogP contribution is -2.60. The first-order chi connectivity index (χ1) is 17.0. The summed E-state index contributed by atoms with van der Waals surface area (Å²) in [5, 5.41) is 36.7. The van der Waals surface area contributed by atoms with Crippen molar-refractivity contribution >= 4 is 74.8 Å². The highest BCUT2D eigenvalue weighted by molar-refractivity contribution is 6.94. The maximum absolute atomic E-state index is 11.7. The van der Waals surface area contributed by atoms with Crippen LogP contribution in [0.25, 0.3) is 0 Å². The first-order valence-corrected chi connectivity index (χ1v) is 29.0. The van der Waals surface area contributed by atoms with Crippen molar-refractivity contribution in [1.82, 2.24) is 0 Å². The molecule has 0 aromatic rings. The fourth-order valence-corrected chi connectivity index (χ4v) is 33.5. The molecule has 0 aromatic carbocycles. The SMILES string of the molecule is C[Si](C)(O[Si](C)(C)O[Si](C)(C)O[Si](C)(C)/C(=C/C(=O)O)C(=O)O)O[Si](C)(C)O[Si](C)(C)/C(=C/C(=O)O)C(=O)O. The van der Waals surface area contributed by atoms with Crippen molar-refractivity contribution in [2.24, 2.45) is 0 Å². The van der Waals surface area contributed by atoms with Gasteiger partial charge in [0, 0.05) is 12.2 Å². The van der Waals surface area contributed by atoms with E-state index < -0.39 is 74.8 Å². The van der Waals surface area contributed by atoms with Crippen molar-refractivity contribution in [3.8, 4) is 0 Å². The Bertz CT molecular complexity index is 951. The average Bonchev–Trinajstić information content (AvgIpc) is 2.57. The summed E-state index contributed by atoms with van der Waals surface area (Å²) in [5.74, 6) is -5.49. The third-order valence-electron chi connectivity index (χ3n) is 4.77. The Morgan fingerprint density at radius 2 is 0.641 bits per heavy atom. The molecule has 224 valence electrons. The van der Waals surface area contributed by atoms with Crippen molar-refractivity contribution in [3.05, 3.63) is 22.5 Å². The molecule has 39 heavy (non-hydrogen) atoms. The van der Waals surface area contributed by atoms with Crippen LogP contribution in [-0.4, -0.2) is 95.2 Å². The van der Waals surface area contributed by atoms with Crippen LogP contribution in [0.1, 0.15) is 0 Å². The molecule has 0 radical (unpaired) electrons. The Kier molecular flexibility index (Phi) is 12.5. The van der Waals surface area contributed by atoms with E-state index in [4.69, 9.17) is 30.8 Å². The molecule has 19 heteroatoms. The second-order valence-corrected chi connectivity index (χ2v) is 33.9. The summed E-state index contributed by atoms with van der Waals surface area (Å²) in [6.45, 7) is 20.4. The lowest BCUT2D eigenvalue weighted by atomic mass is 10.5.